The second-order valence-electron chi connectivity index (χ2n) is 7.13. The average molecular weight is 500 g/mol. The van der Waals surface area contributed by atoms with Crippen molar-refractivity contribution in [3.63, 3.8) is 0 Å². The highest BCUT2D eigenvalue weighted by molar-refractivity contribution is 7.09. The van der Waals surface area contributed by atoms with Crippen molar-refractivity contribution in [1.82, 2.24) is 9.69 Å². The van der Waals surface area contributed by atoms with Crippen molar-refractivity contribution >= 4 is 46.6 Å². The third-order valence-electron chi connectivity index (χ3n) is 4.81. The van der Waals surface area contributed by atoms with Gasteiger partial charge in [0.25, 0.3) is 11.8 Å². The van der Waals surface area contributed by atoms with Crippen molar-refractivity contribution in [3.05, 3.63) is 76.5 Å². The quantitative estimate of drug-likeness (QED) is 0.380. The largest absolute Gasteiger partial charge is 0.465 e. The fourth-order valence-corrected chi connectivity index (χ4v) is 3.98. The Hall–Kier alpha value is -4.32. The molecule has 3 rings (SSSR count). The van der Waals surface area contributed by atoms with Gasteiger partial charge in [0.2, 0.25) is 5.91 Å². The summed E-state index contributed by atoms with van der Waals surface area (Å²) in [6.45, 7) is 1.30. The minimum absolute atomic E-state index is 0.118. The number of rotatable bonds is 9. The Morgan fingerprint density at radius 2 is 1.77 bits per heavy atom. The normalized spacial score (nSPS) is 11.4. The number of hydrogen-bond donors (Lipinski definition) is 3. The van der Waals surface area contributed by atoms with E-state index in [4.69, 9.17) is 16.2 Å². The predicted molar refractivity (Wildman–Crippen MR) is 127 cm³/mol. The van der Waals surface area contributed by atoms with E-state index < -0.39 is 42.1 Å². The van der Waals surface area contributed by atoms with Crippen LogP contribution in [-0.2, 0) is 14.3 Å². The number of nitrogens with zero attached hydrogens (tertiary/aromatic N) is 2. The van der Waals surface area contributed by atoms with Crippen LogP contribution >= 0.6 is 11.5 Å². The summed E-state index contributed by atoms with van der Waals surface area (Å²) in [7, 11) is 0. The van der Waals surface area contributed by atoms with Gasteiger partial charge < -0.3 is 21.5 Å². The monoisotopic (exact) mass is 499 g/mol. The first kappa shape index (κ1) is 25.3. The van der Waals surface area contributed by atoms with E-state index in [1.165, 1.54) is 12.1 Å². The second kappa shape index (κ2) is 11.2. The van der Waals surface area contributed by atoms with Crippen LogP contribution in [0.1, 0.15) is 38.7 Å². The van der Waals surface area contributed by atoms with Gasteiger partial charge in [-0.3, -0.25) is 24.1 Å². The molecule has 0 bridgehead atoms. The summed E-state index contributed by atoms with van der Waals surface area (Å²) in [5.41, 5.74) is 11.3. The molecule has 12 heteroatoms. The van der Waals surface area contributed by atoms with Gasteiger partial charge >= 0.3 is 5.97 Å². The molecule has 2 aromatic carbocycles. The number of nitrogens with one attached hydrogen (secondary N) is 1. The summed E-state index contributed by atoms with van der Waals surface area (Å²) in [6.07, 6.45) is 0. The lowest BCUT2D eigenvalue weighted by Crippen LogP contribution is -2.45. The number of nitrogen functional groups attached to an aromatic ring is 1. The number of amides is 3. The Bertz CT molecular complexity index is 1230. The molecule has 10 nitrogen and oxygen atoms in total. The molecule has 0 radical (unpaired) electrons. The number of esters is 1. The first-order valence-electron chi connectivity index (χ1n) is 10.4. The molecule has 0 aliphatic carbocycles. The standard InChI is InChI=1S/C23H22FN5O5S/c1-2-34-16(30)12-27-22(32)19(13-8-10-14(24)11-9-13)29(15-6-4-3-5-7-15)23(33)20-17(25)18(21(26)31)28-35-20/h3-11,19H,2,12,25H2,1H3,(H2,26,31)(H,27,32). The van der Waals surface area contributed by atoms with Crippen molar-refractivity contribution in [2.75, 3.05) is 23.8 Å². The lowest BCUT2D eigenvalue weighted by molar-refractivity contribution is -0.143. The summed E-state index contributed by atoms with van der Waals surface area (Å²) in [6, 6.07) is 11.8. The number of halogens is 1. The van der Waals surface area contributed by atoms with Gasteiger partial charge in [-0.1, -0.05) is 30.3 Å². The Kier molecular flexibility index (Phi) is 8.10. The van der Waals surface area contributed by atoms with Crippen LogP contribution in [0.5, 0.6) is 0 Å². The maximum atomic E-state index is 13.7. The summed E-state index contributed by atoms with van der Waals surface area (Å²) < 4.78 is 22.4. The second-order valence-corrected chi connectivity index (χ2v) is 7.90. The maximum Gasteiger partial charge on any atom is 0.325 e. The zero-order chi connectivity index (χ0) is 25.5. The van der Waals surface area contributed by atoms with E-state index >= 15 is 0 Å². The minimum atomic E-state index is -1.35. The van der Waals surface area contributed by atoms with Crippen LogP contribution in [0.2, 0.25) is 0 Å². The highest BCUT2D eigenvalue weighted by Gasteiger charge is 2.36. The summed E-state index contributed by atoms with van der Waals surface area (Å²) in [5, 5.41) is 2.46. The molecule has 5 N–H and O–H groups in total. The van der Waals surface area contributed by atoms with Crippen molar-refractivity contribution < 1.29 is 28.3 Å². The highest BCUT2D eigenvalue weighted by atomic mass is 32.1. The Morgan fingerprint density at radius 1 is 1.11 bits per heavy atom. The third-order valence-corrected chi connectivity index (χ3v) is 5.66. The molecule has 1 unspecified atom stereocenters. The van der Waals surface area contributed by atoms with Crippen LogP contribution in [0, 0.1) is 5.82 Å². The maximum absolute atomic E-state index is 13.7. The van der Waals surface area contributed by atoms with Gasteiger partial charge in [0.1, 0.15) is 23.3 Å². The number of primary amides is 1. The number of aromatic nitrogens is 1. The summed E-state index contributed by atoms with van der Waals surface area (Å²) >= 11 is 0.654. The van der Waals surface area contributed by atoms with Gasteiger partial charge in [0.05, 0.1) is 12.3 Å². The smallest absolute Gasteiger partial charge is 0.325 e. The SMILES string of the molecule is CCOC(=O)CNC(=O)C(c1ccc(F)cc1)N(C(=O)c1snc(C(N)=O)c1N)c1ccccc1. The van der Waals surface area contributed by atoms with Crippen molar-refractivity contribution in [1.29, 1.82) is 0 Å². The van der Waals surface area contributed by atoms with Crippen LogP contribution in [-0.4, -0.2) is 41.2 Å². The molecular weight excluding hydrogens is 477 g/mol. The zero-order valence-corrected chi connectivity index (χ0v) is 19.4. The van der Waals surface area contributed by atoms with Gasteiger partial charge in [-0.25, -0.2) is 4.39 Å². The van der Waals surface area contributed by atoms with E-state index in [1.54, 1.807) is 37.3 Å². The molecule has 0 saturated carbocycles. The van der Waals surface area contributed by atoms with Crippen molar-refractivity contribution in [2.24, 2.45) is 5.73 Å². The van der Waals surface area contributed by atoms with Gasteiger partial charge in [0, 0.05) is 5.69 Å². The third kappa shape index (κ3) is 5.79. The number of hydrogen-bond acceptors (Lipinski definition) is 8. The molecule has 0 fully saturated rings. The van der Waals surface area contributed by atoms with Gasteiger partial charge in [0.15, 0.2) is 5.69 Å². The molecule has 0 aliphatic heterocycles. The topological polar surface area (TPSA) is 158 Å². The Labute approximate surface area is 203 Å². The molecule has 3 aromatic rings. The molecule has 3 amide bonds. The number of nitrogens with two attached hydrogens (primary N) is 2. The van der Waals surface area contributed by atoms with E-state index in [1.807, 2.05) is 0 Å². The highest BCUT2D eigenvalue weighted by Crippen LogP contribution is 2.33. The summed E-state index contributed by atoms with van der Waals surface area (Å²) in [4.78, 5) is 51.6. The number of carbonyl (C=O) groups is 4. The van der Waals surface area contributed by atoms with E-state index in [9.17, 15) is 23.6 Å². The van der Waals surface area contributed by atoms with E-state index in [0.29, 0.717) is 17.2 Å². The van der Waals surface area contributed by atoms with E-state index in [2.05, 4.69) is 9.69 Å². The molecule has 1 heterocycles. The molecule has 0 saturated heterocycles. The molecule has 1 atom stereocenters. The lowest BCUT2D eigenvalue weighted by Gasteiger charge is -2.31. The minimum Gasteiger partial charge on any atom is -0.465 e. The molecule has 35 heavy (non-hydrogen) atoms. The number of anilines is 2. The average Bonchev–Trinajstić information content (AvgIpc) is 3.23. The first-order chi connectivity index (χ1) is 16.7. The summed E-state index contributed by atoms with van der Waals surface area (Å²) in [5.74, 6) is -3.62. The van der Waals surface area contributed by atoms with E-state index in [0.717, 1.165) is 17.0 Å². The number of para-hydroxylation sites is 1. The van der Waals surface area contributed by atoms with E-state index in [-0.39, 0.29) is 28.4 Å². The molecule has 1 aromatic heterocycles. The van der Waals surface area contributed by atoms with Crippen LogP contribution in [0.25, 0.3) is 0 Å². The number of ether oxygens (including phenoxy) is 1. The first-order valence-corrected chi connectivity index (χ1v) is 11.1. The number of carbonyl (C=O) groups excluding carboxylic acids is 4. The fraction of sp³-hybridized carbons (Fsp3) is 0.174. The Morgan fingerprint density at radius 3 is 2.34 bits per heavy atom. The Balaban J connectivity index is 2.12. The zero-order valence-electron chi connectivity index (χ0n) is 18.6. The van der Waals surface area contributed by atoms with Gasteiger partial charge in [-0.2, -0.15) is 4.37 Å². The number of benzene rings is 2. The molecule has 0 aliphatic rings. The van der Waals surface area contributed by atoms with Crippen molar-refractivity contribution in [3.8, 4) is 0 Å². The van der Waals surface area contributed by atoms with Crippen LogP contribution in [0.3, 0.4) is 0 Å². The lowest BCUT2D eigenvalue weighted by atomic mass is 10.0. The molecule has 0 spiro atoms. The van der Waals surface area contributed by atoms with Gasteiger partial charge in [-0.05, 0) is 48.3 Å². The van der Waals surface area contributed by atoms with Crippen LogP contribution < -0.4 is 21.7 Å². The van der Waals surface area contributed by atoms with Crippen LogP contribution in [0.15, 0.2) is 54.6 Å². The predicted octanol–water partition coefficient (Wildman–Crippen LogP) is 2.03. The fourth-order valence-electron chi connectivity index (χ4n) is 3.24. The van der Waals surface area contributed by atoms with Crippen molar-refractivity contribution in [2.45, 2.75) is 13.0 Å². The van der Waals surface area contributed by atoms with Gasteiger partial charge in [-0.15, -0.1) is 0 Å². The molecule has 182 valence electrons. The van der Waals surface area contributed by atoms with Crippen LogP contribution in [0.4, 0.5) is 15.8 Å². The molecular formula is C23H22FN5O5S.